The third kappa shape index (κ3) is 6.56. The Morgan fingerprint density at radius 3 is 2.35 bits per heavy atom. The molecule has 6 rings (SSSR count). The quantitative estimate of drug-likeness (QED) is 0.302. The van der Waals surface area contributed by atoms with Gasteiger partial charge in [0.25, 0.3) is 5.91 Å². The van der Waals surface area contributed by atoms with Crippen LogP contribution in [0.3, 0.4) is 0 Å². The summed E-state index contributed by atoms with van der Waals surface area (Å²) in [6.45, 7) is 6.63. The highest BCUT2D eigenvalue weighted by atomic mass is 16.6. The van der Waals surface area contributed by atoms with Crippen LogP contribution >= 0.6 is 0 Å². The van der Waals surface area contributed by atoms with Crippen LogP contribution < -0.4 is 15.7 Å². The van der Waals surface area contributed by atoms with Crippen molar-refractivity contribution in [2.24, 2.45) is 18.4 Å². The number of hydrogen-bond donors (Lipinski definition) is 1. The number of likely N-dealkylation sites (tertiary alicyclic amines) is 1. The Kier molecular flexibility index (Phi) is 9.08. The molecule has 3 aliphatic rings. The van der Waals surface area contributed by atoms with E-state index in [9.17, 15) is 19.2 Å². The fourth-order valence-electron chi connectivity index (χ4n) is 8.08. The van der Waals surface area contributed by atoms with Gasteiger partial charge in [0.05, 0.1) is 30.4 Å². The van der Waals surface area contributed by atoms with Crippen molar-refractivity contribution < 1.29 is 23.9 Å². The van der Waals surface area contributed by atoms with Gasteiger partial charge in [-0.3, -0.25) is 23.6 Å². The summed E-state index contributed by atoms with van der Waals surface area (Å²) >= 11 is 0. The molecule has 11 nitrogen and oxygen atoms in total. The molecule has 1 aromatic heterocycles. The first-order chi connectivity index (χ1) is 22.8. The second-order valence-electron chi connectivity index (χ2n) is 15.1. The zero-order valence-corrected chi connectivity index (χ0v) is 29.1. The largest absolute Gasteiger partial charge is 0.497 e. The van der Waals surface area contributed by atoms with Crippen molar-refractivity contribution in [1.82, 2.24) is 18.9 Å². The van der Waals surface area contributed by atoms with Crippen LogP contribution in [-0.2, 0) is 27.9 Å². The van der Waals surface area contributed by atoms with Crippen LogP contribution in [0.15, 0.2) is 47.3 Å². The first-order valence-electron chi connectivity index (χ1n) is 17.2. The number of imide groups is 1. The highest BCUT2D eigenvalue weighted by molar-refractivity contribution is 6.00. The fraction of sp³-hybridized carbons (Fsp3) is 0.568. The number of piperidine rings is 1. The number of anilines is 1. The maximum absolute atomic E-state index is 13.8. The number of fused-ring (bicyclic) bond motifs is 1. The molecular weight excluding hydrogens is 610 g/mol. The van der Waals surface area contributed by atoms with E-state index in [1.54, 1.807) is 40.3 Å². The van der Waals surface area contributed by atoms with Gasteiger partial charge in [0.1, 0.15) is 17.4 Å². The number of amides is 3. The molecule has 1 unspecified atom stereocenters. The zero-order chi connectivity index (χ0) is 34.4. The lowest BCUT2D eigenvalue weighted by atomic mass is 9.55. The minimum atomic E-state index is -0.761. The van der Waals surface area contributed by atoms with E-state index in [1.165, 1.54) is 4.90 Å². The number of carbonyl (C=O) groups is 3. The molecule has 1 N–H and O–H groups in total. The van der Waals surface area contributed by atoms with E-state index in [0.717, 1.165) is 61.8 Å². The first kappa shape index (κ1) is 33.6. The van der Waals surface area contributed by atoms with Crippen molar-refractivity contribution in [1.29, 1.82) is 0 Å². The van der Waals surface area contributed by atoms with Crippen LogP contribution in [0, 0.1) is 11.3 Å². The molecule has 48 heavy (non-hydrogen) atoms. The Morgan fingerprint density at radius 1 is 1.02 bits per heavy atom. The number of nitrogens with zero attached hydrogens (tertiary/aromatic N) is 4. The SMILES string of the molecule is COc1ccc(CN2C(=O)CCC(n3c(=O)n(C)c4c(NC[C@H]5CC6(CC[C@H](N(C)C(=O)OC(C)(C)C)CC6)C5)cccc43)C2=O)cc1. The Hall–Kier alpha value is -4.28. The van der Waals surface area contributed by atoms with Gasteiger partial charge < -0.3 is 19.7 Å². The third-order valence-electron chi connectivity index (χ3n) is 10.7. The summed E-state index contributed by atoms with van der Waals surface area (Å²) in [6, 6.07) is 12.5. The molecule has 0 bridgehead atoms. The summed E-state index contributed by atoms with van der Waals surface area (Å²) < 4.78 is 14.0. The molecule has 1 saturated heterocycles. The Labute approximate surface area is 282 Å². The second kappa shape index (κ2) is 13.0. The summed E-state index contributed by atoms with van der Waals surface area (Å²) in [6.07, 6.45) is 6.73. The van der Waals surface area contributed by atoms with E-state index in [0.29, 0.717) is 22.6 Å². The van der Waals surface area contributed by atoms with Gasteiger partial charge in [-0.25, -0.2) is 9.59 Å². The number of carbonyl (C=O) groups excluding carboxylic acids is 3. The standard InChI is InChI=1S/C37H49N5O6/c1-36(2,3)48-35(46)39(4)26-16-18-37(19-17-26)20-25(21-37)22-38-28-8-7-9-29-32(28)40(5)34(45)42(29)30-14-15-31(43)41(33(30)44)23-24-10-12-27(47-6)13-11-24/h7-13,25-26,30,38H,14-23H2,1-6H3/t25-,26-,30?,37?. The van der Waals surface area contributed by atoms with E-state index < -0.39 is 11.6 Å². The van der Waals surface area contributed by atoms with Crippen LogP contribution in [0.5, 0.6) is 5.75 Å². The van der Waals surface area contributed by atoms with Gasteiger partial charge in [0.15, 0.2) is 0 Å². The lowest BCUT2D eigenvalue weighted by Crippen LogP contribution is -2.48. The van der Waals surface area contributed by atoms with Gasteiger partial charge in [-0.2, -0.15) is 0 Å². The van der Waals surface area contributed by atoms with Gasteiger partial charge >= 0.3 is 11.8 Å². The zero-order valence-electron chi connectivity index (χ0n) is 29.1. The molecule has 1 aliphatic heterocycles. The van der Waals surface area contributed by atoms with Crippen molar-refractivity contribution in [2.45, 2.75) is 96.4 Å². The molecule has 0 radical (unpaired) electrons. The van der Waals surface area contributed by atoms with E-state index in [4.69, 9.17) is 9.47 Å². The van der Waals surface area contributed by atoms with Crippen molar-refractivity contribution in [3.8, 4) is 5.75 Å². The van der Waals surface area contributed by atoms with Gasteiger partial charge in [0, 0.05) is 33.1 Å². The minimum absolute atomic E-state index is 0.147. The van der Waals surface area contributed by atoms with Crippen LogP contribution in [0.25, 0.3) is 11.0 Å². The molecule has 1 atom stereocenters. The summed E-state index contributed by atoms with van der Waals surface area (Å²) in [5, 5.41) is 3.63. The molecule has 3 aromatic rings. The number of imidazole rings is 1. The van der Waals surface area contributed by atoms with E-state index >= 15 is 0 Å². The Balaban J connectivity index is 1.10. The topological polar surface area (TPSA) is 115 Å². The fourth-order valence-corrected chi connectivity index (χ4v) is 8.08. The lowest BCUT2D eigenvalue weighted by Gasteiger charge is -2.52. The van der Waals surface area contributed by atoms with E-state index in [2.05, 4.69) is 5.32 Å². The maximum Gasteiger partial charge on any atom is 0.410 e. The first-order valence-corrected chi connectivity index (χ1v) is 17.2. The Morgan fingerprint density at radius 2 is 1.71 bits per heavy atom. The highest BCUT2D eigenvalue weighted by Gasteiger charge is 2.47. The van der Waals surface area contributed by atoms with Gasteiger partial charge in [-0.1, -0.05) is 18.2 Å². The van der Waals surface area contributed by atoms with Crippen LogP contribution in [-0.4, -0.2) is 69.2 Å². The number of aryl methyl sites for hydroxylation is 1. The number of para-hydroxylation sites is 1. The molecule has 2 aromatic carbocycles. The van der Waals surface area contributed by atoms with Crippen molar-refractivity contribution >= 4 is 34.6 Å². The number of methoxy groups -OCH3 is 1. The number of rotatable bonds is 8. The summed E-state index contributed by atoms with van der Waals surface area (Å²) in [5.74, 6) is 0.632. The molecule has 2 heterocycles. The molecule has 1 spiro atoms. The highest BCUT2D eigenvalue weighted by Crippen LogP contribution is 2.55. The second-order valence-corrected chi connectivity index (χ2v) is 15.1. The van der Waals surface area contributed by atoms with Gasteiger partial charge in [-0.15, -0.1) is 0 Å². The molecule has 258 valence electrons. The third-order valence-corrected chi connectivity index (χ3v) is 10.7. The van der Waals surface area contributed by atoms with Crippen LogP contribution in [0.2, 0.25) is 0 Å². The van der Waals surface area contributed by atoms with Gasteiger partial charge in [0.2, 0.25) is 5.91 Å². The maximum atomic E-state index is 13.8. The Bertz CT molecular complexity index is 1740. The summed E-state index contributed by atoms with van der Waals surface area (Å²) in [7, 11) is 5.18. The predicted octanol–water partition coefficient (Wildman–Crippen LogP) is 5.86. The summed E-state index contributed by atoms with van der Waals surface area (Å²) in [4.78, 5) is 56.0. The molecule has 2 saturated carbocycles. The normalized spacial score (nSPS) is 24.5. The molecule has 11 heteroatoms. The van der Waals surface area contributed by atoms with E-state index in [-0.39, 0.29) is 49.0 Å². The molecule has 3 fully saturated rings. The van der Waals surface area contributed by atoms with Gasteiger partial charge in [-0.05, 0) is 107 Å². The number of hydrogen-bond acceptors (Lipinski definition) is 7. The monoisotopic (exact) mass is 659 g/mol. The minimum Gasteiger partial charge on any atom is -0.497 e. The lowest BCUT2D eigenvalue weighted by molar-refractivity contribution is -0.151. The number of aromatic nitrogens is 2. The summed E-state index contributed by atoms with van der Waals surface area (Å²) in [5.41, 5.74) is 2.69. The number of ether oxygens (including phenoxy) is 2. The molecule has 2 aliphatic carbocycles. The average molecular weight is 660 g/mol. The van der Waals surface area contributed by atoms with Crippen LogP contribution in [0.4, 0.5) is 10.5 Å². The van der Waals surface area contributed by atoms with Crippen molar-refractivity contribution in [3.05, 3.63) is 58.5 Å². The predicted molar refractivity (Wildman–Crippen MR) is 184 cm³/mol. The molecule has 3 amide bonds. The average Bonchev–Trinajstić information content (AvgIpc) is 3.30. The van der Waals surface area contributed by atoms with Crippen molar-refractivity contribution in [3.63, 3.8) is 0 Å². The number of benzene rings is 2. The van der Waals surface area contributed by atoms with E-state index in [1.807, 2.05) is 58.2 Å². The number of nitrogens with one attached hydrogen (secondary N) is 1. The van der Waals surface area contributed by atoms with Crippen LogP contribution in [0.1, 0.15) is 83.7 Å². The smallest absolute Gasteiger partial charge is 0.410 e. The molecular formula is C37H49N5O6. The van der Waals surface area contributed by atoms with Crippen molar-refractivity contribution in [2.75, 3.05) is 26.0 Å².